The minimum Gasteiger partial charge on any atom is -0.466 e. The summed E-state index contributed by atoms with van der Waals surface area (Å²) in [7, 11) is 0. The van der Waals surface area contributed by atoms with E-state index < -0.39 is 5.60 Å². The zero-order valence-electron chi connectivity index (χ0n) is 15.9. The van der Waals surface area contributed by atoms with Crippen molar-refractivity contribution in [3.8, 4) is 0 Å². The molecule has 5 heteroatoms. The second kappa shape index (κ2) is 12.2. The van der Waals surface area contributed by atoms with E-state index in [0.717, 1.165) is 11.5 Å². The number of rotatable bonds is 13. The fourth-order valence-corrected chi connectivity index (χ4v) is 2.57. The van der Waals surface area contributed by atoms with Crippen molar-refractivity contribution in [1.82, 2.24) is 0 Å². The van der Waals surface area contributed by atoms with Crippen LogP contribution in [0.1, 0.15) is 80.1 Å². The molecule has 0 saturated carbocycles. The molecule has 0 saturated heterocycles. The third kappa shape index (κ3) is 16.4. The van der Waals surface area contributed by atoms with Crippen LogP contribution in [0.15, 0.2) is 0 Å². The SMILES string of the molecule is CCCCCCSCCC(=O)OCCC(C)(C)OOC(C)(C)C. The maximum atomic E-state index is 11.7. The standard InChI is InChI=1S/C18H36O4S/c1-7-8-9-10-14-23-15-11-16(19)20-13-12-18(5,6)22-21-17(2,3)4/h7-15H2,1-6H3. The molecule has 0 bridgehead atoms. The summed E-state index contributed by atoms with van der Waals surface area (Å²) >= 11 is 1.84. The molecule has 0 spiro atoms. The average molecular weight is 349 g/mol. The van der Waals surface area contributed by atoms with Crippen LogP contribution in [0.3, 0.4) is 0 Å². The molecule has 23 heavy (non-hydrogen) atoms. The quantitative estimate of drug-likeness (QED) is 0.199. The molecule has 0 aromatic carbocycles. The Balaban J connectivity index is 3.61. The minimum atomic E-state index is -0.471. The normalized spacial score (nSPS) is 12.4. The van der Waals surface area contributed by atoms with Gasteiger partial charge in [-0.25, -0.2) is 9.78 Å². The van der Waals surface area contributed by atoms with E-state index in [9.17, 15) is 4.79 Å². The molecular formula is C18H36O4S. The summed E-state index contributed by atoms with van der Waals surface area (Å²) in [5.41, 5.74) is -0.816. The Hall–Kier alpha value is -0.260. The van der Waals surface area contributed by atoms with E-state index in [1.807, 2.05) is 46.4 Å². The van der Waals surface area contributed by atoms with E-state index in [1.54, 1.807) is 0 Å². The van der Waals surface area contributed by atoms with Gasteiger partial charge < -0.3 is 4.74 Å². The van der Waals surface area contributed by atoms with Crippen molar-refractivity contribution in [2.75, 3.05) is 18.1 Å². The highest BCUT2D eigenvalue weighted by Crippen LogP contribution is 2.19. The maximum Gasteiger partial charge on any atom is 0.306 e. The van der Waals surface area contributed by atoms with E-state index in [-0.39, 0.29) is 11.6 Å². The van der Waals surface area contributed by atoms with Gasteiger partial charge in [0.1, 0.15) is 5.60 Å². The van der Waals surface area contributed by atoms with Gasteiger partial charge >= 0.3 is 5.97 Å². The largest absolute Gasteiger partial charge is 0.466 e. The second-order valence-corrected chi connectivity index (χ2v) is 8.66. The summed E-state index contributed by atoms with van der Waals surface area (Å²) in [5.74, 6) is 1.86. The lowest BCUT2D eigenvalue weighted by Crippen LogP contribution is -2.32. The van der Waals surface area contributed by atoms with Gasteiger partial charge in [-0.3, -0.25) is 4.79 Å². The van der Waals surface area contributed by atoms with E-state index in [1.165, 1.54) is 25.7 Å². The van der Waals surface area contributed by atoms with Crippen LogP contribution >= 0.6 is 11.8 Å². The number of carbonyl (C=O) groups excluding carboxylic acids is 1. The first-order valence-corrected chi connectivity index (χ1v) is 9.92. The van der Waals surface area contributed by atoms with Crippen LogP contribution in [-0.2, 0) is 19.3 Å². The molecule has 0 amide bonds. The van der Waals surface area contributed by atoms with Crippen molar-refractivity contribution in [3.05, 3.63) is 0 Å². The Morgan fingerprint density at radius 3 is 2.26 bits per heavy atom. The summed E-state index contributed by atoms with van der Waals surface area (Å²) in [4.78, 5) is 22.4. The van der Waals surface area contributed by atoms with E-state index in [2.05, 4.69) is 6.92 Å². The second-order valence-electron chi connectivity index (χ2n) is 7.43. The Kier molecular flexibility index (Phi) is 12.0. The molecule has 0 atom stereocenters. The number of hydrogen-bond acceptors (Lipinski definition) is 5. The van der Waals surface area contributed by atoms with Gasteiger partial charge in [0.25, 0.3) is 0 Å². The van der Waals surface area contributed by atoms with Crippen molar-refractivity contribution in [1.29, 1.82) is 0 Å². The van der Waals surface area contributed by atoms with Crippen molar-refractivity contribution < 1.29 is 19.3 Å². The first-order chi connectivity index (χ1) is 10.7. The number of ether oxygens (including phenoxy) is 1. The molecule has 0 aliphatic carbocycles. The number of carbonyl (C=O) groups is 1. The zero-order valence-corrected chi connectivity index (χ0v) is 16.7. The van der Waals surface area contributed by atoms with Gasteiger partial charge in [-0.1, -0.05) is 26.2 Å². The smallest absolute Gasteiger partial charge is 0.306 e. The van der Waals surface area contributed by atoms with Crippen molar-refractivity contribution >= 4 is 17.7 Å². The number of hydrogen-bond donors (Lipinski definition) is 0. The van der Waals surface area contributed by atoms with Crippen LogP contribution in [0.5, 0.6) is 0 Å². The van der Waals surface area contributed by atoms with Gasteiger partial charge in [-0.15, -0.1) is 0 Å². The lowest BCUT2D eigenvalue weighted by atomic mass is 10.1. The highest BCUT2D eigenvalue weighted by molar-refractivity contribution is 7.99. The number of thioether (sulfide) groups is 1. The minimum absolute atomic E-state index is 0.126. The summed E-state index contributed by atoms with van der Waals surface area (Å²) < 4.78 is 5.27. The fraction of sp³-hybridized carbons (Fsp3) is 0.944. The van der Waals surface area contributed by atoms with Gasteiger partial charge in [-0.2, -0.15) is 11.8 Å². The molecule has 0 aliphatic heterocycles. The molecule has 0 heterocycles. The summed E-state index contributed by atoms with van der Waals surface area (Å²) in [6, 6.07) is 0. The van der Waals surface area contributed by atoms with Gasteiger partial charge in [-0.05, 0) is 46.8 Å². The van der Waals surface area contributed by atoms with Crippen LogP contribution < -0.4 is 0 Å². The molecule has 0 fully saturated rings. The first kappa shape index (κ1) is 22.7. The van der Waals surface area contributed by atoms with Gasteiger partial charge in [0.2, 0.25) is 0 Å². The average Bonchev–Trinajstić information content (AvgIpc) is 2.43. The molecule has 0 unspecified atom stereocenters. The number of esters is 1. The summed E-state index contributed by atoms with van der Waals surface area (Å²) in [6.45, 7) is 12.2. The molecular weight excluding hydrogens is 312 g/mol. The molecule has 0 aromatic heterocycles. The van der Waals surface area contributed by atoms with Crippen LogP contribution in [0, 0.1) is 0 Å². The van der Waals surface area contributed by atoms with Gasteiger partial charge in [0.15, 0.2) is 0 Å². The molecule has 4 nitrogen and oxygen atoms in total. The van der Waals surface area contributed by atoms with E-state index >= 15 is 0 Å². The third-order valence-electron chi connectivity index (χ3n) is 3.08. The third-order valence-corrected chi connectivity index (χ3v) is 4.15. The Bertz CT molecular complexity index is 311. The zero-order chi connectivity index (χ0) is 17.8. The predicted molar refractivity (Wildman–Crippen MR) is 97.7 cm³/mol. The van der Waals surface area contributed by atoms with Crippen molar-refractivity contribution in [2.45, 2.75) is 91.3 Å². The summed E-state index contributed by atoms with van der Waals surface area (Å²) in [6.07, 6.45) is 6.20. The highest BCUT2D eigenvalue weighted by atomic mass is 32.2. The van der Waals surface area contributed by atoms with E-state index in [4.69, 9.17) is 14.5 Å². The fourth-order valence-electron chi connectivity index (χ4n) is 1.65. The Morgan fingerprint density at radius 2 is 1.65 bits per heavy atom. The molecule has 138 valence electrons. The lowest BCUT2D eigenvalue weighted by Gasteiger charge is -2.28. The van der Waals surface area contributed by atoms with Gasteiger partial charge in [0, 0.05) is 12.2 Å². The predicted octanol–water partition coefficient (Wildman–Crippen LogP) is 5.15. The topological polar surface area (TPSA) is 44.8 Å². The first-order valence-electron chi connectivity index (χ1n) is 8.76. The van der Waals surface area contributed by atoms with Gasteiger partial charge in [0.05, 0.1) is 18.6 Å². The van der Waals surface area contributed by atoms with Crippen LogP contribution in [0.4, 0.5) is 0 Å². The van der Waals surface area contributed by atoms with Crippen LogP contribution in [-0.4, -0.2) is 35.3 Å². The Morgan fingerprint density at radius 1 is 0.957 bits per heavy atom. The van der Waals surface area contributed by atoms with Crippen molar-refractivity contribution in [3.63, 3.8) is 0 Å². The molecule has 0 N–H and O–H groups in total. The molecule has 0 rings (SSSR count). The monoisotopic (exact) mass is 348 g/mol. The number of unbranched alkanes of at least 4 members (excludes halogenated alkanes) is 3. The highest BCUT2D eigenvalue weighted by Gasteiger charge is 2.24. The molecule has 0 radical (unpaired) electrons. The summed E-state index contributed by atoms with van der Waals surface area (Å²) in [5, 5.41) is 0. The molecule has 0 aromatic rings. The maximum absolute atomic E-state index is 11.7. The van der Waals surface area contributed by atoms with Crippen LogP contribution in [0.25, 0.3) is 0 Å². The van der Waals surface area contributed by atoms with E-state index in [0.29, 0.717) is 19.4 Å². The van der Waals surface area contributed by atoms with Crippen LogP contribution in [0.2, 0.25) is 0 Å². The lowest BCUT2D eigenvalue weighted by molar-refractivity contribution is -0.398. The van der Waals surface area contributed by atoms with Crippen molar-refractivity contribution in [2.24, 2.45) is 0 Å². The Labute approximate surface area is 146 Å². The molecule has 0 aliphatic rings.